The van der Waals surface area contributed by atoms with Crippen molar-refractivity contribution in [1.29, 1.82) is 5.26 Å². The molecule has 33 heavy (non-hydrogen) atoms. The molecule has 0 unspecified atom stereocenters. The molecule has 2 N–H and O–H groups in total. The number of halogens is 3. The summed E-state index contributed by atoms with van der Waals surface area (Å²) in [6.07, 6.45) is 1.32. The summed E-state index contributed by atoms with van der Waals surface area (Å²) in [5.41, 5.74) is 1.08. The topological polar surface area (TPSA) is 99.4 Å². The molecule has 0 aliphatic carbocycles. The highest BCUT2D eigenvalue weighted by atomic mass is 79.9. The number of carboxylic acids is 1. The molecule has 0 aliphatic heterocycles. The van der Waals surface area contributed by atoms with Gasteiger partial charge >= 0.3 is 5.97 Å². The fourth-order valence-electron chi connectivity index (χ4n) is 2.77. The number of nitrogens with one attached hydrogen (secondary N) is 1. The van der Waals surface area contributed by atoms with Crippen molar-refractivity contribution >= 4 is 51.2 Å². The summed E-state index contributed by atoms with van der Waals surface area (Å²) in [6.45, 7) is 0.141. The van der Waals surface area contributed by atoms with E-state index >= 15 is 0 Å². The maximum atomic E-state index is 13.8. The molecule has 0 saturated heterocycles. The molecule has 1 amide bonds. The minimum absolute atomic E-state index is 0.0389. The number of nitrogens with zero attached hydrogens (tertiary/aromatic N) is 1. The first kappa shape index (κ1) is 24.0. The van der Waals surface area contributed by atoms with Gasteiger partial charge in [0.1, 0.15) is 24.1 Å². The fraction of sp³-hybridized carbons (Fsp3) is 0.0417. The molecule has 6 nitrogen and oxygen atoms in total. The highest BCUT2D eigenvalue weighted by Crippen LogP contribution is 2.35. The van der Waals surface area contributed by atoms with Crippen molar-refractivity contribution in [1.82, 2.24) is 0 Å². The van der Waals surface area contributed by atoms with Crippen molar-refractivity contribution in [3.05, 3.63) is 98.2 Å². The standard InChI is InChI=1S/C24H15BrClFN2O4/c25-18-10-15(9-17(12-28)23(30)29-21-4-2-1-3-20(21)27)11-19(26)22(18)33-13-14-5-7-16(8-6-14)24(31)32/h1-11H,13H2,(H,29,30)(H,31,32)/b17-9-. The Hall–Kier alpha value is -3.67. The number of para-hydroxylation sites is 1. The van der Waals surface area contributed by atoms with Crippen LogP contribution in [0.15, 0.2) is 70.7 Å². The Balaban J connectivity index is 1.75. The zero-order chi connectivity index (χ0) is 24.0. The molecule has 166 valence electrons. The van der Waals surface area contributed by atoms with Crippen LogP contribution in [0.3, 0.4) is 0 Å². The van der Waals surface area contributed by atoms with Gasteiger partial charge in [-0.15, -0.1) is 0 Å². The molecular formula is C24H15BrClFN2O4. The van der Waals surface area contributed by atoms with E-state index in [2.05, 4.69) is 21.2 Å². The molecule has 0 saturated carbocycles. The van der Waals surface area contributed by atoms with E-state index in [0.717, 1.165) is 5.56 Å². The molecule has 3 rings (SSSR count). The van der Waals surface area contributed by atoms with Gasteiger partial charge in [0.25, 0.3) is 5.91 Å². The highest BCUT2D eigenvalue weighted by Gasteiger charge is 2.14. The van der Waals surface area contributed by atoms with Crippen LogP contribution in [0.2, 0.25) is 5.02 Å². The lowest BCUT2D eigenvalue weighted by atomic mass is 10.1. The number of anilines is 1. The lowest BCUT2D eigenvalue weighted by Gasteiger charge is -2.12. The number of benzene rings is 3. The molecule has 0 fully saturated rings. The van der Waals surface area contributed by atoms with Crippen LogP contribution in [0.5, 0.6) is 5.75 Å². The third-order valence-corrected chi connectivity index (χ3v) is 5.27. The van der Waals surface area contributed by atoms with E-state index in [1.165, 1.54) is 42.5 Å². The molecule has 0 atom stereocenters. The third-order valence-electron chi connectivity index (χ3n) is 4.40. The van der Waals surface area contributed by atoms with Gasteiger partial charge in [-0.25, -0.2) is 9.18 Å². The van der Waals surface area contributed by atoms with Crippen LogP contribution in [0.4, 0.5) is 10.1 Å². The normalized spacial score (nSPS) is 10.9. The summed E-state index contributed by atoms with van der Waals surface area (Å²) in [4.78, 5) is 23.3. The average Bonchev–Trinajstić information content (AvgIpc) is 2.78. The van der Waals surface area contributed by atoms with Crippen LogP contribution in [0.1, 0.15) is 21.5 Å². The summed E-state index contributed by atoms with van der Waals surface area (Å²) in [5.74, 6) is -2.06. The van der Waals surface area contributed by atoms with E-state index in [9.17, 15) is 19.2 Å². The maximum Gasteiger partial charge on any atom is 0.335 e. The Morgan fingerprint density at radius 1 is 1.18 bits per heavy atom. The molecule has 0 spiro atoms. The first-order chi connectivity index (χ1) is 15.8. The predicted octanol–water partition coefficient (Wildman–Crippen LogP) is 6.06. The van der Waals surface area contributed by atoms with Crippen LogP contribution in [-0.4, -0.2) is 17.0 Å². The van der Waals surface area contributed by atoms with Gasteiger partial charge in [-0.05, 0) is 69.5 Å². The second kappa shape index (κ2) is 10.8. The summed E-state index contributed by atoms with van der Waals surface area (Å²) in [5, 5.41) is 20.9. The van der Waals surface area contributed by atoms with Crippen molar-refractivity contribution in [2.24, 2.45) is 0 Å². The molecule has 0 aromatic heterocycles. The number of hydrogen-bond donors (Lipinski definition) is 2. The maximum absolute atomic E-state index is 13.8. The fourth-order valence-corrected chi connectivity index (χ4v) is 3.76. The second-order valence-corrected chi connectivity index (χ2v) is 7.97. The number of hydrogen-bond acceptors (Lipinski definition) is 4. The van der Waals surface area contributed by atoms with Crippen molar-refractivity contribution in [2.45, 2.75) is 6.61 Å². The highest BCUT2D eigenvalue weighted by molar-refractivity contribution is 9.10. The number of nitriles is 1. The SMILES string of the molecule is N#C/C(=C/c1cc(Cl)c(OCc2ccc(C(=O)O)cc2)c(Br)c1)C(=O)Nc1ccccc1F. The van der Waals surface area contributed by atoms with E-state index in [1.54, 1.807) is 30.3 Å². The van der Waals surface area contributed by atoms with E-state index < -0.39 is 17.7 Å². The zero-order valence-electron chi connectivity index (χ0n) is 16.8. The monoisotopic (exact) mass is 528 g/mol. The second-order valence-electron chi connectivity index (χ2n) is 6.71. The molecule has 0 radical (unpaired) electrons. The first-order valence-corrected chi connectivity index (χ1v) is 10.6. The van der Waals surface area contributed by atoms with Crippen molar-refractivity contribution in [3.63, 3.8) is 0 Å². The smallest absolute Gasteiger partial charge is 0.335 e. The summed E-state index contributed by atoms with van der Waals surface area (Å²) in [7, 11) is 0. The number of carbonyl (C=O) groups is 2. The quantitative estimate of drug-likeness (QED) is 0.286. The minimum atomic E-state index is -1.02. The molecule has 9 heteroatoms. The summed E-state index contributed by atoms with van der Waals surface area (Å²) >= 11 is 9.69. The van der Waals surface area contributed by atoms with Crippen LogP contribution < -0.4 is 10.1 Å². The van der Waals surface area contributed by atoms with Crippen molar-refractivity contribution in [2.75, 3.05) is 5.32 Å². The predicted molar refractivity (Wildman–Crippen MR) is 126 cm³/mol. The van der Waals surface area contributed by atoms with Gasteiger partial charge in [-0.1, -0.05) is 35.9 Å². The Labute approximate surface area is 202 Å². The zero-order valence-corrected chi connectivity index (χ0v) is 19.2. The van der Waals surface area contributed by atoms with E-state index in [-0.39, 0.29) is 28.5 Å². The molecule has 3 aromatic carbocycles. The van der Waals surface area contributed by atoms with E-state index in [1.807, 2.05) is 0 Å². The average molecular weight is 530 g/mol. The van der Waals surface area contributed by atoms with Gasteiger partial charge in [-0.2, -0.15) is 5.26 Å². The lowest BCUT2D eigenvalue weighted by Crippen LogP contribution is -2.14. The van der Waals surface area contributed by atoms with Gasteiger partial charge in [0, 0.05) is 0 Å². The van der Waals surface area contributed by atoms with E-state index in [4.69, 9.17) is 21.4 Å². The Kier molecular flexibility index (Phi) is 7.83. The van der Waals surface area contributed by atoms with Crippen LogP contribution >= 0.6 is 27.5 Å². The minimum Gasteiger partial charge on any atom is -0.486 e. The number of carboxylic acid groups (broad SMARTS) is 1. The summed E-state index contributed by atoms with van der Waals surface area (Å²) < 4.78 is 20.0. The Bertz CT molecular complexity index is 1260. The lowest BCUT2D eigenvalue weighted by molar-refractivity contribution is -0.112. The van der Waals surface area contributed by atoms with Crippen molar-refractivity contribution in [3.8, 4) is 11.8 Å². The number of amides is 1. The number of aromatic carboxylic acids is 1. The van der Waals surface area contributed by atoms with Crippen LogP contribution in [-0.2, 0) is 11.4 Å². The van der Waals surface area contributed by atoms with Gasteiger partial charge in [0.05, 0.1) is 20.7 Å². The molecule has 0 bridgehead atoms. The van der Waals surface area contributed by atoms with Crippen molar-refractivity contribution < 1.29 is 23.8 Å². The Morgan fingerprint density at radius 2 is 1.88 bits per heavy atom. The molecular weight excluding hydrogens is 515 g/mol. The van der Waals surface area contributed by atoms with Crippen LogP contribution in [0.25, 0.3) is 6.08 Å². The van der Waals surface area contributed by atoms with Gasteiger partial charge in [-0.3, -0.25) is 4.79 Å². The van der Waals surface area contributed by atoms with Gasteiger partial charge < -0.3 is 15.2 Å². The van der Waals surface area contributed by atoms with E-state index in [0.29, 0.717) is 15.8 Å². The largest absolute Gasteiger partial charge is 0.486 e. The molecule has 0 aliphatic rings. The number of ether oxygens (including phenoxy) is 1. The number of carbonyl (C=O) groups excluding carboxylic acids is 1. The third kappa shape index (κ3) is 6.19. The summed E-state index contributed by atoms with van der Waals surface area (Å²) in [6, 6.07) is 16.8. The Morgan fingerprint density at radius 3 is 2.48 bits per heavy atom. The van der Waals surface area contributed by atoms with Gasteiger partial charge in [0.15, 0.2) is 5.75 Å². The van der Waals surface area contributed by atoms with Gasteiger partial charge in [0.2, 0.25) is 0 Å². The molecule has 0 heterocycles. The van der Waals surface area contributed by atoms with Crippen LogP contribution in [0, 0.1) is 17.1 Å². The molecule has 3 aromatic rings. The number of rotatable bonds is 7. The first-order valence-electron chi connectivity index (χ1n) is 9.40.